The number of benzene rings is 1. The molecule has 0 spiro atoms. The number of fused-ring (bicyclic) bond motifs is 1. The van der Waals surface area contributed by atoms with E-state index in [-0.39, 0.29) is 35.2 Å². The maximum atomic E-state index is 12.7. The minimum atomic E-state index is -3.82. The fourth-order valence-electron chi connectivity index (χ4n) is 3.38. The molecule has 2 rings (SSSR count). The topological polar surface area (TPSA) is 127 Å². The van der Waals surface area contributed by atoms with Gasteiger partial charge in [0.1, 0.15) is 5.82 Å². The SMILES string of the molecule is CCCn1c(CCC(=O)N(CC)CC(=O)NC(C)(C)C)nc2cc(S(N)(=O)=O)ccc21. The number of carbonyl (C=O) groups excluding carboxylic acids is 2. The monoisotopic (exact) mass is 451 g/mol. The number of amides is 2. The van der Waals surface area contributed by atoms with Crippen LogP contribution in [0.4, 0.5) is 0 Å². The highest BCUT2D eigenvalue weighted by Gasteiger charge is 2.21. The molecule has 0 aliphatic carbocycles. The normalized spacial score (nSPS) is 12.2. The summed E-state index contributed by atoms with van der Waals surface area (Å²) in [5.41, 5.74) is 0.966. The van der Waals surface area contributed by atoms with Crippen molar-refractivity contribution in [2.24, 2.45) is 5.14 Å². The molecule has 0 aliphatic heterocycles. The van der Waals surface area contributed by atoms with Gasteiger partial charge >= 0.3 is 0 Å². The van der Waals surface area contributed by atoms with Crippen molar-refractivity contribution in [3.63, 3.8) is 0 Å². The first-order valence-electron chi connectivity index (χ1n) is 10.5. The van der Waals surface area contributed by atoms with Gasteiger partial charge < -0.3 is 14.8 Å². The molecule has 10 heteroatoms. The Balaban J connectivity index is 2.18. The average Bonchev–Trinajstić information content (AvgIpc) is 2.99. The largest absolute Gasteiger partial charge is 0.350 e. The molecule has 1 aromatic carbocycles. The molecule has 2 amide bonds. The molecule has 0 aliphatic rings. The van der Waals surface area contributed by atoms with E-state index < -0.39 is 10.0 Å². The van der Waals surface area contributed by atoms with Gasteiger partial charge in [0, 0.05) is 31.5 Å². The Kier molecular flexibility index (Phi) is 7.82. The van der Waals surface area contributed by atoms with E-state index in [1.165, 1.54) is 17.0 Å². The summed E-state index contributed by atoms with van der Waals surface area (Å²) in [5, 5.41) is 8.10. The van der Waals surface area contributed by atoms with E-state index in [1.807, 2.05) is 39.2 Å². The molecule has 2 aromatic rings. The molecule has 0 unspecified atom stereocenters. The lowest BCUT2D eigenvalue weighted by Crippen LogP contribution is -2.47. The minimum Gasteiger partial charge on any atom is -0.350 e. The van der Waals surface area contributed by atoms with Crippen molar-refractivity contribution >= 4 is 32.9 Å². The summed E-state index contributed by atoms with van der Waals surface area (Å²) in [6.07, 6.45) is 1.44. The maximum Gasteiger partial charge on any atom is 0.240 e. The number of nitrogens with zero attached hydrogens (tertiary/aromatic N) is 3. The molecule has 3 N–H and O–H groups in total. The molecule has 1 aromatic heterocycles. The van der Waals surface area contributed by atoms with Crippen LogP contribution in [0, 0.1) is 0 Å². The van der Waals surface area contributed by atoms with Crippen molar-refractivity contribution in [1.29, 1.82) is 0 Å². The number of sulfonamides is 1. The molecule has 172 valence electrons. The van der Waals surface area contributed by atoms with Crippen molar-refractivity contribution < 1.29 is 18.0 Å². The van der Waals surface area contributed by atoms with Gasteiger partial charge in [0.2, 0.25) is 21.8 Å². The molecular weight excluding hydrogens is 418 g/mol. The molecule has 1 heterocycles. The van der Waals surface area contributed by atoms with Crippen LogP contribution in [0.15, 0.2) is 23.1 Å². The molecule has 31 heavy (non-hydrogen) atoms. The Morgan fingerprint density at radius 3 is 2.45 bits per heavy atom. The fourth-order valence-corrected chi connectivity index (χ4v) is 3.92. The zero-order valence-corrected chi connectivity index (χ0v) is 19.8. The number of nitrogens with one attached hydrogen (secondary N) is 1. The number of imidazole rings is 1. The summed E-state index contributed by atoms with van der Waals surface area (Å²) in [6, 6.07) is 4.61. The molecule has 0 fully saturated rings. The molecule has 0 saturated carbocycles. The van der Waals surface area contributed by atoms with Crippen LogP contribution in [0.25, 0.3) is 11.0 Å². The van der Waals surface area contributed by atoms with Gasteiger partial charge in [-0.25, -0.2) is 18.5 Å². The minimum absolute atomic E-state index is 0.00536. The third-order valence-corrected chi connectivity index (χ3v) is 5.63. The smallest absolute Gasteiger partial charge is 0.240 e. The third kappa shape index (κ3) is 6.76. The summed E-state index contributed by atoms with van der Waals surface area (Å²) in [7, 11) is -3.82. The number of aromatic nitrogens is 2. The van der Waals surface area contributed by atoms with Crippen LogP contribution in [0.5, 0.6) is 0 Å². The number of nitrogens with two attached hydrogens (primary N) is 1. The van der Waals surface area contributed by atoms with Crippen molar-refractivity contribution in [2.75, 3.05) is 13.1 Å². The van der Waals surface area contributed by atoms with Crippen LogP contribution < -0.4 is 10.5 Å². The predicted molar refractivity (Wildman–Crippen MR) is 120 cm³/mol. The number of hydrogen-bond acceptors (Lipinski definition) is 5. The first kappa shape index (κ1) is 24.8. The van der Waals surface area contributed by atoms with Crippen LogP contribution in [0.1, 0.15) is 53.3 Å². The standard InChI is InChI=1S/C21H33N5O4S/c1-6-12-26-17-9-8-15(31(22,29)30)13-16(17)23-18(26)10-11-20(28)25(7-2)14-19(27)24-21(3,4)5/h8-9,13H,6-7,10-12,14H2,1-5H3,(H,24,27)(H2,22,29,30). The van der Waals surface area contributed by atoms with Crippen LogP contribution in [0.2, 0.25) is 0 Å². The van der Waals surface area contributed by atoms with E-state index in [0.29, 0.717) is 30.9 Å². The summed E-state index contributed by atoms with van der Waals surface area (Å²) in [5.74, 6) is 0.371. The van der Waals surface area contributed by atoms with Crippen LogP contribution in [-0.2, 0) is 32.6 Å². The molecule has 0 atom stereocenters. The van der Waals surface area contributed by atoms with Gasteiger partial charge in [-0.2, -0.15) is 0 Å². The van der Waals surface area contributed by atoms with E-state index in [2.05, 4.69) is 10.3 Å². The van der Waals surface area contributed by atoms with Crippen molar-refractivity contribution in [1.82, 2.24) is 19.8 Å². The lowest BCUT2D eigenvalue weighted by molar-refractivity contribution is -0.136. The highest BCUT2D eigenvalue weighted by atomic mass is 32.2. The van der Waals surface area contributed by atoms with Crippen molar-refractivity contribution in [3.8, 4) is 0 Å². The first-order valence-corrected chi connectivity index (χ1v) is 12.0. The molecule has 9 nitrogen and oxygen atoms in total. The number of carbonyl (C=O) groups is 2. The van der Waals surface area contributed by atoms with E-state index in [9.17, 15) is 18.0 Å². The summed E-state index contributed by atoms with van der Waals surface area (Å²) in [4.78, 5) is 31.0. The summed E-state index contributed by atoms with van der Waals surface area (Å²) < 4.78 is 25.3. The highest BCUT2D eigenvalue weighted by molar-refractivity contribution is 7.89. The average molecular weight is 452 g/mol. The highest BCUT2D eigenvalue weighted by Crippen LogP contribution is 2.21. The van der Waals surface area contributed by atoms with Gasteiger partial charge in [-0.15, -0.1) is 0 Å². The second kappa shape index (κ2) is 9.78. The maximum absolute atomic E-state index is 12.7. The molecular formula is C21H33N5O4S. The van der Waals surface area contributed by atoms with Gasteiger partial charge in [0.05, 0.1) is 22.5 Å². The Morgan fingerprint density at radius 1 is 1.23 bits per heavy atom. The Labute approximate surface area is 184 Å². The number of primary sulfonamides is 1. The van der Waals surface area contributed by atoms with E-state index in [1.54, 1.807) is 6.07 Å². The molecule has 0 bridgehead atoms. The van der Waals surface area contributed by atoms with Crippen molar-refractivity contribution in [2.45, 2.75) is 70.9 Å². The zero-order valence-electron chi connectivity index (χ0n) is 18.9. The zero-order chi connectivity index (χ0) is 23.4. The van der Waals surface area contributed by atoms with Crippen LogP contribution in [-0.4, -0.2) is 53.3 Å². The second-order valence-electron chi connectivity index (χ2n) is 8.58. The lowest BCUT2D eigenvalue weighted by Gasteiger charge is -2.25. The van der Waals surface area contributed by atoms with Gasteiger partial charge in [0.15, 0.2) is 0 Å². The van der Waals surface area contributed by atoms with Gasteiger partial charge in [-0.05, 0) is 52.3 Å². The number of likely N-dealkylation sites (N-methyl/N-ethyl adjacent to an activating group) is 1. The van der Waals surface area contributed by atoms with Crippen LogP contribution in [0.3, 0.4) is 0 Å². The number of aryl methyl sites for hydroxylation is 2. The third-order valence-electron chi connectivity index (χ3n) is 4.72. The number of hydrogen-bond donors (Lipinski definition) is 2. The predicted octanol–water partition coefficient (Wildman–Crippen LogP) is 1.79. The second-order valence-corrected chi connectivity index (χ2v) is 10.1. The number of rotatable bonds is 9. The van der Waals surface area contributed by atoms with Gasteiger partial charge in [0.25, 0.3) is 0 Å². The van der Waals surface area contributed by atoms with E-state index >= 15 is 0 Å². The van der Waals surface area contributed by atoms with Crippen molar-refractivity contribution in [3.05, 3.63) is 24.0 Å². The Bertz CT molecular complexity index is 1050. The van der Waals surface area contributed by atoms with E-state index in [4.69, 9.17) is 5.14 Å². The molecule has 0 radical (unpaired) electrons. The summed E-state index contributed by atoms with van der Waals surface area (Å²) >= 11 is 0. The summed E-state index contributed by atoms with van der Waals surface area (Å²) in [6.45, 7) is 10.7. The first-order chi connectivity index (χ1) is 14.4. The molecule has 0 saturated heterocycles. The fraction of sp³-hybridized carbons (Fsp3) is 0.571. The Hall–Kier alpha value is -2.46. The van der Waals surface area contributed by atoms with Gasteiger partial charge in [-0.3, -0.25) is 9.59 Å². The van der Waals surface area contributed by atoms with Crippen LogP contribution >= 0.6 is 0 Å². The lowest BCUT2D eigenvalue weighted by atomic mass is 10.1. The van der Waals surface area contributed by atoms with E-state index in [0.717, 1.165) is 11.9 Å². The quantitative estimate of drug-likeness (QED) is 0.601. The Morgan fingerprint density at radius 2 is 1.90 bits per heavy atom. The van der Waals surface area contributed by atoms with Gasteiger partial charge in [-0.1, -0.05) is 6.92 Å².